The lowest BCUT2D eigenvalue weighted by atomic mass is 9.98. The van der Waals surface area contributed by atoms with Gasteiger partial charge in [-0.1, -0.05) is 0 Å². The molecule has 2 unspecified atom stereocenters. The molecule has 0 aliphatic carbocycles. The van der Waals surface area contributed by atoms with Crippen molar-refractivity contribution in [3.05, 3.63) is 0 Å². The van der Waals surface area contributed by atoms with Gasteiger partial charge in [-0.3, -0.25) is 4.79 Å². The third kappa shape index (κ3) is 3.42. The number of likely N-dealkylation sites (tertiary alicyclic amines) is 2. The Bertz CT molecular complexity index is 373. The number of carbonyl (C=O) groups is 2. The average Bonchev–Trinajstić information content (AvgIpc) is 2.46. The molecule has 2 aliphatic rings. The van der Waals surface area contributed by atoms with Crippen LogP contribution in [-0.4, -0.2) is 78.1 Å². The summed E-state index contributed by atoms with van der Waals surface area (Å²) < 4.78 is 0. The molecule has 0 radical (unpaired) electrons. The van der Waals surface area contributed by atoms with Crippen LogP contribution in [0.2, 0.25) is 0 Å². The summed E-state index contributed by atoms with van der Waals surface area (Å²) in [4.78, 5) is 29.4. The number of amides is 2. The zero-order valence-electron chi connectivity index (χ0n) is 12.4. The second kappa shape index (κ2) is 6.43. The van der Waals surface area contributed by atoms with E-state index in [1.807, 2.05) is 19.0 Å². The quantitative estimate of drug-likeness (QED) is 0.819. The zero-order chi connectivity index (χ0) is 14.7. The molecule has 114 valence electrons. The second-order valence-electron chi connectivity index (χ2n) is 6.11. The van der Waals surface area contributed by atoms with Gasteiger partial charge >= 0.3 is 12.0 Å². The van der Waals surface area contributed by atoms with Crippen LogP contribution in [0, 0.1) is 5.92 Å². The molecule has 2 rings (SSSR count). The first-order valence-corrected chi connectivity index (χ1v) is 7.42. The van der Waals surface area contributed by atoms with Crippen molar-refractivity contribution >= 4 is 12.0 Å². The van der Waals surface area contributed by atoms with E-state index in [9.17, 15) is 9.59 Å². The van der Waals surface area contributed by atoms with Crippen molar-refractivity contribution in [2.24, 2.45) is 5.92 Å². The van der Waals surface area contributed by atoms with Crippen LogP contribution in [0.3, 0.4) is 0 Å². The minimum atomic E-state index is -0.785. The van der Waals surface area contributed by atoms with Crippen LogP contribution in [0.15, 0.2) is 0 Å². The van der Waals surface area contributed by atoms with Gasteiger partial charge in [-0.15, -0.1) is 0 Å². The van der Waals surface area contributed by atoms with E-state index in [1.165, 1.54) is 0 Å². The number of piperidine rings is 2. The van der Waals surface area contributed by atoms with Gasteiger partial charge in [0.25, 0.3) is 0 Å². The zero-order valence-corrected chi connectivity index (χ0v) is 12.4. The van der Waals surface area contributed by atoms with Crippen LogP contribution in [0.25, 0.3) is 0 Å². The van der Waals surface area contributed by atoms with Gasteiger partial charge in [0.15, 0.2) is 0 Å². The van der Waals surface area contributed by atoms with Gasteiger partial charge in [0.05, 0.1) is 5.92 Å². The number of likely N-dealkylation sites (N-methyl/N-ethyl adjacent to an activating group) is 1. The van der Waals surface area contributed by atoms with Gasteiger partial charge in [0.1, 0.15) is 0 Å². The summed E-state index contributed by atoms with van der Waals surface area (Å²) in [5.74, 6) is -1.19. The molecule has 2 amide bonds. The van der Waals surface area contributed by atoms with Gasteiger partial charge in [-0.2, -0.15) is 0 Å². The Morgan fingerprint density at radius 3 is 2.25 bits per heavy atom. The maximum Gasteiger partial charge on any atom is 0.320 e. The Labute approximate surface area is 120 Å². The third-order valence-corrected chi connectivity index (χ3v) is 4.44. The first kappa shape index (κ1) is 15.1. The minimum absolute atomic E-state index is 0.0162. The van der Waals surface area contributed by atoms with E-state index in [0.29, 0.717) is 25.6 Å². The number of hydrogen-bond donors (Lipinski definition) is 1. The monoisotopic (exact) mass is 283 g/mol. The summed E-state index contributed by atoms with van der Waals surface area (Å²) in [6.45, 7) is 2.58. The Hall–Kier alpha value is -1.30. The highest BCUT2D eigenvalue weighted by Gasteiger charge is 2.32. The predicted octanol–water partition coefficient (Wildman–Crippen LogP) is 0.929. The van der Waals surface area contributed by atoms with E-state index < -0.39 is 11.9 Å². The average molecular weight is 283 g/mol. The smallest absolute Gasteiger partial charge is 0.320 e. The summed E-state index contributed by atoms with van der Waals surface area (Å²) >= 11 is 0. The SMILES string of the molecule is CN(C)C1CCCN(C(=O)N2CCCC(C(=O)O)C2)C1. The minimum Gasteiger partial charge on any atom is -0.481 e. The van der Waals surface area contributed by atoms with Gasteiger partial charge < -0.3 is 19.8 Å². The number of rotatable bonds is 2. The largest absolute Gasteiger partial charge is 0.481 e. The van der Waals surface area contributed by atoms with Crippen molar-refractivity contribution in [2.75, 3.05) is 40.3 Å². The topological polar surface area (TPSA) is 64.1 Å². The van der Waals surface area contributed by atoms with Crippen molar-refractivity contribution in [3.8, 4) is 0 Å². The molecule has 0 saturated carbocycles. The molecule has 0 spiro atoms. The molecule has 0 aromatic rings. The number of carboxylic acid groups (broad SMARTS) is 1. The number of hydrogen-bond acceptors (Lipinski definition) is 3. The second-order valence-corrected chi connectivity index (χ2v) is 6.11. The van der Waals surface area contributed by atoms with E-state index >= 15 is 0 Å². The fraction of sp³-hybridized carbons (Fsp3) is 0.857. The molecule has 0 bridgehead atoms. The van der Waals surface area contributed by atoms with Crippen molar-refractivity contribution in [1.82, 2.24) is 14.7 Å². The van der Waals surface area contributed by atoms with E-state index in [4.69, 9.17) is 5.11 Å². The van der Waals surface area contributed by atoms with E-state index in [2.05, 4.69) is 4.90 Å². The molecule has 1 N–H and O–H groups in total. The van der Waals surface area contributed by atoms with Gasteiger partial charge in [-0.05, 0) is 39.8 Å². The molecule has 0 aromatic heterocycles. The number of carbonyl (C=O) groups excluding carboxylic acids is 1. The number of carboxylic acids is 1. The molecular formula is C14H25N3O3. The molecule has 2 fully saturated rings. The maximum atomic E-state index is 12.5. The molecule has 0 aromatic carbocycles. The van der Waals surface area contributed by atoms with E-state index in [0.717, 1.165) is 32.4 Å². The van der Waals surface area contributed by atoms with Crippen LogP contribution >= 0.6 is 0 Å². The van der Waals surface area contributed by atoms with Gasteiger partial charge in [0.2, 0.25) is 0 Å². The summed E-state index contributed by atoms with van der Waals surface area (Å²) in [7, 11) is 4.08. The van der Waals surface area contributed by atoms with Crippen LogP contribution in [-0.2, 0) is 4.79 Å². The standard InChI is InChI=1S/C14H25N3O3/c1-15(2)12-6-4-8-17(10-12)14(20)16-7-3-5-11(9-16)13(18)19/h11-12H,3-10H2,1-2H3,(H,18,19). The van der Waals surface area contributed by atoms with E-state index in [-0.39, 0.29) is 6.03 Å². The van der Waals surface area contributed by atoms with E-state index in [1.54, 1.807) is 4.90 Å². The lowest BCUT2D eigenvalue weighted by Gasteiger charge is -2.40. The van der Waals surface area contributed by atoms with Crippen molar-refractivity contribution in [2.45, 2.75) is 31.7 Å². The molecule has 20 heavy (non-hydrogen) atoms. The van der Waals surface area contributed by atoms with Gasteiger partial charge in [-0.25, -0.2) is 4.79 Å². The summed E-state index contributed by atoms with van der Waals surface area (Å²) in [5.41, 5.74) is 0. The fourth-order valence-electron chi connectivity index (χ4n) is 3.10. The Morgan fingerprint density at radius 2 is 1.65 bits per heavy atom. The Morgan fingerprint density at radius 1 is 1.05 bits per heavy atom. The van der Waals surface area contributed by atoms with Crippen LogP contribution < -0.4 is 0 Å². The van der Waals surface area contributed by atoms with Crippen LogP contribution in [0.4, 0.5) is 4.79 Å². The molecular weight excluding hydrogens is 258 g/mol. The fourth-order valence-corrected chi connectivity index (χ4v) is 3.10. The maximum absolute atomic E-state index is 12.5. The molecule has 2 heterocycles. The van der Waals surface area contributed by atoms with Gasteiger partial charge in [0, 0.05) is 32.2 Å². The molecule has 6 nitrogen and oxygen atoms in total. The Balaban J connectivity index is 1.94. The molecule has 2 aliphatic heterocycles. The first-order valence-electron chi connectivity index (χ1n) is 7.42. The molecule has 6 heteroatoms. The Kier molecular flexibility index (Phi) is 4.86. The van der Waals surface area contributed by atoms with Crippen molar-refractivity contribution < 1.29 is 14.7 Å². The highest BCUT2D eigenvalue weighted by molar-refractivity contribution is 5.76. The van der Waals surface area contributed by atoms with Crippen molar-refractivity contribution in [1.29, 1.82) is 0 Å². The number of nitrogens with zero attached hydrogens (tertiary/aromatic N) is 3. The predicted molar refractivity (Wildman–Crippen MR) is 75.6 cm³/mol. The van der Waals surface area contributed by atoms with Crippen LogP contribution in [0.1, 0.15) is 25.7 Å². The van der Waals surface area contributed by atoms with Crippen molar-refractivity contribution in [3.63, 3.8) is 0 Å². The molecule has 2 atom stereocenters. The molecule has 2 saturated heterocycles. The third-order valence-electron chi connectivity index (χ3n) is 4.44. The number of urea groups is 1. The highest BCUT2D eigenvalue weighted by atomic mass is 16.4. The lowest BCUT2D eigenvalue weighted by Crippen LogP contribution is -2.54. The summed E-state index contributed by atoms with van der Waals surface area (Å²) in [6.07, 6.45) is 3.60. The lowest BCUT2D eigenvalue weighted by molar-refractivity contribution is -0.143. The first-order chi connectivity index (χ1) is 9.49. The normalized spacial score (nSPS) is 27.8. The highest BCUT2D eigenvalue weighted by Crippen LogP contribution is 2.20. The summed E-state index contributed by atoms with van der Waals surface area (Å²) in [6, 6.07) is 0.426. The van der Waals surface area contributed by atoms with Crippen LogP contribution in [0.5, 0.6) is 0 Å². The summed E-state index contributed by atoms with van der Waals surface area (Å²) in [5, 5.41) is 9.10. The number of aliphatic carboxylic acids is 1.